The zero-order valence-electron chi connectivity index (χ0n) is 10.5. The predicted octanol–water partition coefficient (Wildman–Crippen LogP) is 3.61. The Hall–Kier alpha value is -1.19. The highest BCUT2D eigenvalue weighted by Crippen LogP contribution is 2.21. The molecule has 1 N–H and O–H groups in total. The molecule has 90 valence electrons. The summed E-state index contributed by atoms with van der Waals surface area (Å²) < 4.78 is 0. The minimum atomic E-state index is 0.359. The molecule has 0 aliphatic rings. The van der Waals surface area contributed by atoms with Crippen molar-refractivity contribution >= 4 is 11.3 Å². The summed E-state index contributed by atoms with van der Waals surface area (Å²) in [5.41, 5.74) is 2.69. The van der Waals surface area contributed by atoms with Crippen molar-refractivity contribution in [3.8, 4) is 0 Å². The van der Waals surface area contributed by atoms with Gasteiger partial charge in [0.05, 0.1) is 0 Å². The van der Waals surface area contributed by atoms with Crippen LogP contribution in [-0.4, -0.2) is 4.98 Å². The summed E-state index contributed by atoms with van der Waals surface area (Å²) in [5, 5.41) is 3.55. The second-order valence-electron chi connectivity index (χ2n) is 4.32. The third-order valence-electron chi connectivity index (χ3n) is 2.95. The number of hydrogen-bond acceptors (Lipinski definition) is 3. The lowest BCUT2D eigenvalue weighted by atomic mass is 10.1. The standard InChI is InChI=1S/C14H18N2S/c1-10-8-14(12(3)17-10)9-16-11(2)13-4-6-15-7-5-13/h4-8,11,16H,9H2,1-3H3. The van der Waals surface area contributed by atoms with Crippen molar-refractivity contribution in [3.05, 3.63) is 51.5 Å². The number of thiophene rings is 1. The van der Waals surface area contributed by atoms with Crippen LogP contribution in [0.3, 0.4) is 0 Å². The summed E-state index contributed by atoms with van der Waals surface area (Å²) in [5.74, 6) is 0. The minimum absolute atomic E-state index is 0.359. The van der Waals surface area contributed by atoms with Crippen LogP contribution < -0.4 is 5.32 Å². The van der Waals surface area contributed by atoms with E-state index >= 15 is 0 Å². The van der Waals surface area contributed by atoms with E-state index in [1.54, 1.807) is 0 Å². The molecule has 0 bridgehead atoms. The third-order valence-corrected chi connectivity index (χ3v) is 3.96. The highest BCUT2D eigenvalue weighted by molar-refractivity contribution is 7.12. The molecule has 0 aliphatic heterocycles. The summed E-state index contributed by atoms with van der Waals surface area (Å²) >= 11 is 1.87. The Morgan fingerprint density at radius 1 is 1.29 bits per heavy atom. The Labute approximate surface area is 107 Å². The summed E-state index contributed by atoms with van der Waals surface area (Å²) in [6.07, 6.45) is 3.68. The van der Waals surface area contributed by atoms with Gasteiger partial charge >= 0.3 is 0 Å². The predicted molar refractivity (Wildman–Crippen MR) is 73.3 cm³/mol. The smallest absolute Gasteiger partial charge is 0.0296 e. The molecule has 2 rings (SSSR count). The number of nitrogens with zero attached hydrogens (tertiary/aromatic N) is 1. The van der Waals surface area contributed by atoms with Crippen molar-refractivity contribution in [2.24, 2.45) is 0 Å². The van der Waals surface area contributed by atoms with E-state index in [4.69, 9.17) is 0 Å². The van der Waals surface area contributed by atoms with Crippen molar-refractivity contribution in [2.75, 3.05) is 0 Å². The van der Waals surface area contributed by atoms with Gasteiger partial charge in [-0.25, -0.2) is 0 Å². The molecule has 0 fully saturated rings. The van der Waals surface area contributed by atoms with Gasteiger partial charge in [-0.05, 0) is 50.1 Å². The Kier molecular flexibility index (Phi) is 3.92. The van der Waals surface area contributed by atoms with Crippen molar-refractivity contribution in [2.45, 2.75) is 33.4 Å². The quantitative estimate of drug-likeness (QED) is 0.891. The van der Waals surface area contributed by atoms with Gasteiger partial charge in [-0.15, -0.1) is 11.3 Å². The van der Waals surface area contributed by atoms with E-state index in [-0.39, 0.29) is 0 Å². The summed E-state index contributed by atoms with van der Waals surface area (Å²) in [4.78, 5) is 6.84. The zero-order valence-corrected chi connectivity index (χ0v) is 11.3. The normalized spacial score (nSPS) is 12.6. The maximum atomic E-state index is 4.04. The number of hydrogen-bond donors (Lipinski definition) is 1. The molecular weight excluding hydrogens is 228 g/mol. The average molecular weight is 246 g/mol. The number of aromatic nitrogens is 1. The van der Waals surface area contributed by atoms with Crippen LogP contribution in [0.25, 0.3) is 0 Å². The van der Waals surface area contributed by atoms with Crippen molar-refractivity contribution in [3.63, 3.8) is 0 Å². The maximum absolute atomic E-state index is 4.04. The Bertz CT molecular complexity index is 476. The molecule has 1 unspecified atom stereocenters. The van der Waals surface area contributed by atoms with E-state index < -0.39 is 0 Å². The molecule has 2 nitrogen and oxygen atoms in total. The van der Waals surface area contributed by atoms with E-state index in [2.05, 4.69) is 49.3 Å². The molecule has 1 atom stereocenters. The van der Waals surface area contributed by atoms with Gasteiger partial charge in [-0.1, -0.05) is 0 Å². The van der Waals surface area contributed by atoms with E-state index in [1.807, 2.05) is 23.7 Å². The molecule has 0 radical (unpaired) electrons. The molecule has 0 saturated heterocycles. The first-order chi connectivity index (χ1) is 8.16. The van der Waals surface area contributed by atoms with Crippen LogP contribution in [0.15, 0.2) is 30.6 Å². The summed E-state index contributed by atoms with van der Waals surface area (Å²) in [7, 11) is 0. The Morgan fingerprint density at radius 2 is 2.00 bits per heavy atom. The SMILES string of the molecule is Cc1cc(CNC(C)c2ccncc2)c(C)s1. The summed E-state index contributed by atoms with van der Waals surface area (Å²) in [6.45, 7) is 7.46. The molecule has 0 aromatic carbocycles. The van der Waals surface area contributed by atoms with Crippen molar-refractivity contribution < 1.29 is 0 Å². The second-order valence-corrected chi connectivity index (χ2v) is 5.78. The molecule has 0 spiro atoms. The number of rotatable bonds is 4. The first-order valence-electron chi connectivity index (χ1n) is 5.86. The van der Waals surface area contributed by atoms with Gasteiger partial charge in [0, 0.05) is 34.7 Å². The molecule has 17 heavy (non-hydrogen) atoms. The highest BCUT2D eigenvalue weighted by Gasteiger charge is 2.07. The van der Waals surface area contributed by atoms with Crippen molar-refractivity contribution in [1.29, 1.82) is 0 Å². The van der Waals surface area contributed by atoms with Gasteiger partial charge in [0.1, 0.15) is 0 Å². The largest absolute Gasteiger partial charge is 0.306 e. The lowest BCUT2D eigenvalue weighted by Crippen LogP contribution is -2.18. The van der Waals surface area contributed by atoms with Crippen LogP contribution in [0.4, 0.5) is 0 Å². The lowest BCUT2D eigenvalue weighted by molar-refractivity contribution is 0.574. The molecule has 0 aliphatic carbocycles. The minimum Gasteiger partial charge on any atom is -0.306 e. The first-order valence-corrected chi connectivity index (χ1v) is 6.67. The van der Waals surface area contributed by atoms with Crippen LogP contribution in [0.5, 0.6) is 0 Å². The third kappa shape index (κ3) is 3.14. The molecule has 0 saturated carbocycles. The van der Waals surface area contributed by atoms with Gasteiger partial charge in [0.2, 0.25) is 0 Å². The maximum Gasteiger partial charge on any atom is 0.0296 e. The molecule has 3 heteroatoms. The Morgan fingerprint density at radius 3 is 2.59 bits per heavy atom. The average Bonchev–Trinajstić information content (AvgIpc) is 2.66. The van der Waals surface area contributed by atoms with Gasteiger partial charge in [0.15, 0.2) is 0 Å². The topological polar surface area (TPSA) is 24.9 Å². The Balaban J connectivity index is 1.97. The second kappa shape index (κ2) is 5.43. The van der Waals surface area contributed by atoms with E-state index in [9.17, 15) is 0 Å². The van der Waals surface area contributed by atoms with Gasteiger partial charge in [0.25, 0.3) is 0 Å². The first kappa shape index (κ1) is 12.3. The number of aryl methyl sites for hydroxylation is 2. The van der Waals surface area contributed by atoms with Crippen LogP contribution in [-0.2, 0) is 6.54 Å². The van der Waals surface area contributed by atoms with Gasteiger partial charge in [-0.2, -0.15) is 0 Å². The fourth-order valence-electron chi connectivity index (χ4n) is 1.89. The fourth-order valence-corrected chi connectivity index (χ4v) is 2.84. The molecular formula is C14H18N2S. The molecule has 0 amide bonds. The van der Waals surface area contributed by atoms with Crippen LogP contribution >= 0.6 is 11.3 Å². The molecule has 2 aromatic heterocycles. The lowest BCUT2D eigenvalue weighted by Gasteiger charge is -2.13. The van der Waals surface area contributed by atoms with E-state index in [1.165, 1.54) is 20.9 Å². The van der Waals surface area contributed by atoms with E-state index in [0.717, 1.165) is 6.54 Å². The van der Waals surface area contributed by atoms with Crippen molar-refractivity contribution in [1.82, 2.24) is 10.3 Å². The fraction of sp³-hybridized carbons (Fsp3) is 0.357. The highest BCUT2D eigenvalue weighted by atomic mass is 32.1. The summed E-state index contributed by atoms with van der Waals surface area (Å²) in [6, 6.07) is 6.75. The van der Waals surface area contributed by atoms with E-state index in [0.29, 0.717) is 6.04 Å². The molecule has 2 heterocycles. The monoisotopic (exact) mass is 246 g/mol. The van der Waals surface area contributed by atoms with Crippen LogP contribution in [0.1, 0.15) is 33.8 Å². The van der Waals surface area contributed by atoms with Gasteiger partial charge < -0.3 is 5.32 Å². The number of nitrogens with one attached hydrogen (secondary N) is 1. The molecule has 2 aromatic rings. The number of pyridine rings is 1. The zero-order chi connectivity index (χ0) is 12.3. The van der Waals surface area contributed by atoms with Crippen LogP contribution in [0.2, 0.25) is 0 Å². The van der Waals surface area contributed by atoms with Crippen LogP contribution in [0, 0.1) is 13.8 Å². The van der Waals surface area contributed by atoms with Gasteiger partial charge in [-0.3, -0.25) is 4.98 Å².